The molecule has 5 nitrogen and oxygen atoms in total. The molecule has 4 aliphatic rings. The topological polar surface area (TPSA) is 70.0 Å². The van der Waals surface area contributed by atoms with Gasteiger partial charge in [0.05, 0.1) is 24.2 Å². The van der Waals surface area contributed by atoms with Gasteiger partial charge in [0, 0.05) is 31.5 Å². The number of hydrogen-bond acceptors (Lipinski definition) is 4. The van der Waals surface area contributed by atoms with Gasteiger partial charge in [-0.2, -0.15) is 0 Å². The van der Waals surface area contributed by atoms with Gasteiger partial charge in [0.25, 0.3) is 0 Å². The lowest BCUT2D eigenvalue weighted by atomic mass is 9.73. The number of nitrogens with zero attached hydrogens (tertiary/aromatic N) is 1. The Morgan fingerprint density at radius 1 is 0.931 bits per heavy atom. The van der Waals surface area contributed by atoms with Crippen molar-refractivity contribution in [3.63, 3.8) is 0 Å². The lowest BCUT2D eigenvalue weighted by Gasteiger charge is -2.48. The van der Waals surface area contributed by atoms with E-state index >= 15 is 0 Å². The van der Waals surface area contributed by atoms with Crippen LogP contribution in [-0.4, -0.2) is 58.5 Å². The van der Waals surface area contributed by atoms with E-state index in [4.69, 9.17) is 4.74 Å². The van der Waals surface area contributed by atoms with Crippen LogP contribution in [0.25, 0.3) is 0 Å². The summed E-state index contributed by atoms with van der Waals surface area (Å²) >= 11 is 0. The van der Waals surface area contributed by atoms with Crippen LogP contribution < -0.4 is 0 Å². The smallest absolute Gasteiger partial charge is 0.231 e. The molecule has 3 saturated carbocycles. The number of carbonyl (C=O) groups is 1. The highest BCUT2D eigenvalue weighted by molar-refractivity contribution is 5.81. The third kappa shape index (κ3) is 4.67. The van der Waals surface area contributed by atoms with Crippen molar-refractivity contribution in [2.45, 2.75) is 108 Å². The van der Waals surface area contributed by atoms with Gasteiger partial charge < -0.3 is 19.8 Å². The van der Waals surface area contributed by atoms with Crippen molar-refractivity contribution in [1.82, 2.24) is 4.90 Å². The van der Waals surface area contributed by atoms with Crippen molar-refractivity contribution in [1.29, 1.82) is 0 Å². The summed E-state index contributed by atoms with van der Waals surface area (Å²) in [6.07, 6.45) is 11.8. The van der Waals surface area contributed by atoms with Crippen LogP contribution in [0.3, 0.4) is 0 Å². The lowest BCUT2D eigenvalue weighted by Crippen LogP contribution is -2.59. The molecule has 7 unspecified atom stereocenters. The summed E-state index contributed by atoms with van der Waals surface area (Å²) in [6, 6.07) is 0.346. The Bertz CT molecular complexity index is 547. The Kier molecular flexibility index (Phi) is 7.18. The molecule has 1 aliphatic heterocycles. The number of aliphatic hydroxyl groups excluding tert-OH is 2. The van der Waals surface area contributed by atoms with Gasteiger partial charge in [0.1, 0.15) is 0 Å². The molecule has 166 valence electrons. The van der Waals surface area contributed by atoms with Gasteiger partial charge in [-0.3, -0.25) is 4.79 Å². The molecule has 0 aromatic carbocycles. The minimum atomic E-state index is -0.811. The first-order valence-electron chi connectivity index (χ1n) is 12.3. The van der Waals surface area contributed by atoms with Crippen molar-refractivity contribution >= 4 is 5.91 Å². The first-order valence-corrected chi connectivity index (χ1v) is 12.3. The molecule has 3 aliphatic carbocycles. The Morgan fingerprint density at radius 2 is 1.62 bits per heavy atom. The second-order valence-corrected chi connectivity index (χ2v) is 10.3. The summed E-state index contributed by atoms with van der Waals surface area (Å²) < 4.78 is 6.37. The van der Waals surface area contributed by atoms with Gasteiger partial charge in [-0.1, -0.05) is 39.0 Å². The molecule has 5 heteroatoms. The largest absolute Gasteiger partial charge is 0.393 e. The number of rotatable bonds is 4. The zero-order chi connectivity index (χ0) is 20.4. The third-order valence-corrected chi connectivity index (χ3v) is 8.44. The number of ether oxygens (including phenoxy) is 1. The number of fused-ring (bicyclic) bond motifs is 1. The number of piperidine rings is 1. The van der Waals surface area contributed by atoms with Gasteiger partial charge in [-0.25, -0.2) is 0 Å². The highest BCUT2D eigenvalue weighted by atomic mass is 16.5. The molecule has 29 heavy (non-hydrogen) atoms. The summed E-state index contributed by atoms with van der Waals surface area (Å²) in [5.41, 5.74) is 0. The molecule has 4 rings (SSSR count). The number of amides is 1. The van der Waals surface area contributed by atoms with E-state index in [1.807, 2.05) is 6.92 Å². The molecule has 4 fully saturated rings. The number of hydrogen-bond donors (Lipinski definition) is 2. The molecular weight excluding hydrogens is 366 g/mol. The second kappa shape index (κ2) is 9.65. The van der Waals surface area contributed by atoms with Crippen LogP contribution in [0.1, 0.15) is 84.0 Å². The zero-order valence-electron chi connectivity index (χ0n) is 18.2. The highest BCUT2D eigenvalue weighted by Gasteiger charge is 2.49. The molecule has 0 radical (unpaired) electrons. The third-order valence-electron chi connectivity index (χ3n) is 8.44. The monoisotopic (exact) mass is 407 g/mol. The Morgan fingerprint density at radius 3 is 2.41 bits per heavy atom. The van der Waals surface area contributed by atoms with Crippen LogP contribution in [0.15, 0.2) is 0 Å². The van der Waals surface area contributed by atoms with E-state index in [0.717, 1.165) is 19.4 Å². The fraction of sp³-hybridized carbons (Fsp3) is 0.958. The van der Waals surface area contributed by atoms with Crippen molar-refractivity contribution in [3.8, 4) is 0 Å². The zero-order valence-corrected chi connectivity index (χ0v) is 18.2. The van der Waals surface area contributed by atoms with Gasteiger partial charge in [-0.05, 0) is 50.4 Å². The summed E-state index contributed by atoms with van der Waals surface area (Å²) in [4.78, 5) is 15.8. The van der Waals surface area contributed by atoms with Gasteiger partial charge in [-0.15, -0.1) is 0 Å². The van der Waals surface area contributed by atoms with Crippen molar-refractivity contribution in [3.05, 3.63) is 0 Å². The summed E-state index contributed by atoms with van der Waals surface area (Å²) in [5, 5.41) is 21.4. The van der Waals surface area contributed by atoms with Crippen LogP contribution in [0, 0.1) is 23.7 Å². The van der Waals surface area contributed by atoms with Crippen molar-refractivity contribution in [2.75, 3.05) is 13.2 Å². The van der Waals surface area contributed by atoms with E-state index in [1.54, 1.807) is 0 Å². The highest BCUT2D eigenvalue weighted by Crippen LogP contribution is 2.40. The average molecular weight is 408 g/mol. The number of likely N-dealkylation sites (tertiary alicyclic amines) is 1. The van der Waals surface area contributed by atoms with Crippen LogP contribution in [0.2, 0.25) is 0 Å². The number of carbonyl (C=O) groups excluding carboxylic acids is 1. The predicted octanol–water partition coefficient (Wildman–Crippen LogP) is 3.51. The first kappa shape index (κ1) is 21.6. The molecule has 7 atom stereocenters. The van der Waals surface area contributed by atoms with E-state index in [-0.39, 0.29) is 24.3 Å². The molecule has 1 amide bonds. The van der Waals surface area contributed by atoms with Crippen LogP contribution >= 0.6 is 0 Å². The molecule has 0 spiro atoms. The fourth-order valence-electron chi connectivity index (χ4n) is 6.63. The molecule has 2 N–H and O–H groups in total. The van der Waals surface area contributed by atoms with E-state index in [0.29, 0.717) is 24.5 Å². The van der Waals surface area contributed by atoms with E-state index in [1.165, 1.54) is 57.8 Å². The standard InChI is InChI=1S/C24H41NO4/c1-16-20(26)14-21(27)22(23(16)29-15-17-8-3-2-4-9-17)24(28)25-13-7-11-18-10-5-6-12-19(18)25/h16-23,26-27H,2-15H2,1H3. The van der Waals surface area contributed by atoms with Crippen LogP contribution in [0.4, 0.5) is 0 Å². The molecule has 0 aromatic heterocycles. The summed E-state index contributed by atoms with van der Waals surface area (Å²) in [6.45, 7) is 3.46. The van der Waals surface area contributed by atoms with Gasteiger partial charge >= 0.3 is 0 Å². The minimum Gasteiger partial charge on any atom is -0.393 e. The SMILES string of the molecule is CC1C(O)CC(O)C(C(=O)N2CCCC3CCCCC32)C1OCC1CCCCC1. The summed E-state index contributed by atoms with van der Waals surface area (Å²) in [7, 11) is 0. The molecule has 0 bridgehead atoms. The predicted molar refractivity (Wildman–Crippen MR) is 112 cm³/mol. The molecule has 0 aromatic rings. The van der Waals surface area contributed by atoms with Crippen molar-refractivity contribution in [2.24, 2.45) is 23.7 Å². The summed E-state index contributed by atoms with van der Waals surface area (Å²) in [5.74, 6) is 0.620. The maximum absolute atomic E-state index is 13.7. The second-order valence-electron chi connectivity index (χ2n) is 10.3. The van der Waals surface area contributed by atoms with Crippen LogP contribution in [-0.2, 0) is 9.53 Å². The van der Waals surface area contributed by atoms with Gasteiger partial charge in [0.15, 0.2) is 0 Å². The van der Waals surface area contributed by atoms with Crippen LogP contribution in [0.5, 0.6) is 0 Å². The molecule has 1 saturated heterocycles. The van der Waals surface area contributed by atoms with E-state index in [9.17, 15) is 15.0 Å². The fourth-order valence-corrected chi connectivity index (χ4v) is 6.63. The van der Waals surface area contributed by atoms with E-state index in [2.05, 4.69) is 4.90 Å². The number of aliphatic hydroxyl groups is 2. The molecule has 1 heterocycles. The maximum Gasteiger partial charge on any atom is 0.231 e. The Labute approximate surface area is 176 Å². The quantitative estimate of drug-likeness (QED) is 0.748. The normalized spacial score (nSPS) is 41.8. The van der Waals surface area contributed by atoms with E-state index < -0.39 is 18.1 Å². The van der Waals surface area contributed by atoms with Gasteiger partial charge in [0.2, 0.25) is 5.91 Å². The molecular formula is C24H41NO4. The minimum absolute atomic E-state index is 0.0847. The Balaban J connectivity index is 1.48. The maximum atomic E-state index is 13.7. The first-order chi connectivity index (χ1) is 14.1. The average Bonchev–Trinajstić information content (AvgIpc) is 2.75. The Hall–Kier alpha value is -0.650. The lowest BCUT2D eigenvalue weighted by molar-refractivity contribution is -0.174. The van der Waals surface area contributed by atoms with Crippen molar-refractivity contribution < 1.29 is 19.7 Å².